The number of aromatic amines is 1. The van der Waals surface area contributed by atoms with Crippen LogP contribution in [0.1, 0.15) is 77.2 Å². The maximum absolute atomic E-state index is 12.3. The summed E-state index contributed by atoms with van der Waals surface area (Å²) >= 11 is 0. The zero-order valence-corrected chi connectivity index (χ0v) is 14.0. The third-order valence-electron chi connectivity index (χ3n) is 5.52. The Kier molecular flexibility index (Phi) is 5.18. The monoisotopic (exact) mass is 320 g/mol. The molecule has 0 amide bonds. The molecule has 1 atom stereocenters. The highest BCUT2D eigenvalue weighted by molar-refractivity contribution is 5.23. The van der Waals surface area contributed by atoms with Gasteiger partial charge in [-0.15, -0.1) is 0 Å². The van der Waals surface area contributed by atoms with Crippen molar-refractivity contribution in [1.29, 1.82) is 0 Å². The first-order chi connectivity index (χ1) is 11.1. The summed E-state index contributed by atoms with van der Waals surface area (Å²) in [6.07, 6.45) is 11.4. The average molecular weight is 320 g/mol. The molecule has 6 heteroatoms. The van der Waals surface area contributed by atoms with Gasteiger partial charge in [-0.3, -0.25) is 4.98 Å². The lowest BCUT2D eigenvalue weighted by atomic mass is 9.85. The smallest absolute Gasteiger partial charge is 0.353 e. The standard InChI is InChI=1S/C17H28N4O2/c1-12(13-8-4-2-5-9-13)18-15-19-16(22)21(17(23)20-15)14-10-6-3-7-11-14/h12-14H,2-11H2,1H3,(H2,18,19,20,22,23)/t12-/m0/s1. The third-order valence-corrected chi connectivity index (χ3v) is 5.52. The Morgan fingerprint density at radius 2 is 1.65 bits per heavy atom. The molecule has 2 aliphatic carbocycles. The Bertz CT molecular complexity index is 593. The van der Waals surface area contributed by atoms with Crippen LogP contribution in [0, 0.1) is 5.92 Å². The van der Waals surface area contributed by atoms with Crippen LogP contribution in [0.5, 0.6) is 0 Å². The highest BCUT2D eigenvalue weighted by Gasteiger charge is 2.22. The lowest BCUT2D eigenvalue weighted by Gasteiger charge is -2.28. The lowest BCUT2D eigenvalue weighted by molar-refractivity contribution is 0.324. The minimum Gasteiger partial charge on any atom is -0.353 e. The van der Waals surface area contributed by atoms with E-state index in [1.165, 1.54) is 43.1 Å². The van der Waals surface area contributed by atoms with E-state index < -0.39 is 5.69 Å². The number of anilines is 1. The zero-order chi connectivity index (χ0) is 16.2. The van der Waals surface area contributed by atoms with Crippen LogP contribution in [-0.4, -0.2) is 20.6 Å². The van der Waals surface area contributed by atoms with Gasteiger partial charge < -0.3 is 5.32 Å². The summed E-state index contributed by atoms with van der Waals surface area (Å²) in [5.74, 6) is 0.917. The van der Waals surface area contributed by atoms with Crippen LogP contribution in [0.15, 0.2) is 9.59 Å². The highest BCUT2D eigenvalue weighted by atomic mass is 16.2. The van der Waals surface area contributed by atoms with E-state index in [1.807, 2.05) is 0 Å². The van der Waals surface area contributed by atoms with Gasteiger partial charge in [-0.05, 0) is 38.5 Å². The molecule has 0 aliphatic heterocycles. The van der Waals surface area contributed by atoms with Gasteiger partial charge >= 0.3 is 11.4 Å². The fourth-order valence-electron chi connectivity index (χ4n) is 4.12. The first-order valence-electron chi connectivity index (χ1n) is 9.14. The van der Waals surface area contributed by atoms with Crippen LogP contribution in [0.25, 0.3) is 0 Å². The van der Waals surface area contributed by atoms with Crippen LogP contribution < -0.4 is 16.7 Å². The Morgan fingerprint density at radius 1 is 1.04 bits per heavy atom. The normalized spacial score (nSPS) is 22.0. The van der Waals surface area contributed by atoms with Gasteiger partial charge in [0.2, 0.25) is 5.95 Å². The van der Waals surface area contributed by atoms with E-state index >= 15 is 0 Å². The first-order valence-corrected chi connectivity index (χ1v) is 9.14. The van der Waals surface area contributed by atoms with Gasteiger partial charge in [0, 0.05) is 12.1 Å². The molecule has 2 fully saturated rings. The highest BCUT2D eigenvalue weighted by Crippen LogP contribution is 2.27. The molecule has 128 valence electrons. The summed E-state index contributed by atoms with van der Waals surface area (Å²) in [5.41, 5.74) is -0.741. The molecule has 0 unspecified atom stereocenters. The van der Waals surface area contributed by atoms with Gasteiger partial charge in [0.15, 0.2) is 0 Å². The van der Waals surface area contributed by atoms with Gasteiger partial charge in [-0.2, -0.15) is 4.98 Å². The van der Waals surface area contributed by atoms with E-state index in [-0.39, 0.29) is 17.8 Å². The molecule has 0 radical (unpaired) electrons. The molecule has 1 aromatic rings. The van der Waals surface area contributed by atoms with Crippen molar-refractivity contribution in [2.45, 2.75) is 83.2 Å². The van der Waals surface area contributed by atoms with Crippen LogP contribution in [0.4, 0.5) is 5.95 Å². The Labute approximate surface area is 136 Å². The molecule has 2 saturated carbocycles. The van der Waals surface area contributed by atoms with Crippen LogP contribution in [-0.2, 0) is 0 Å². The maximum Gasteiger partial charge on any atom is 0.355 e. The fraction of sp³-hybridized carbons (Fsp3) is 0.824. The molecule has 0 saturated heterocycles. The Balaban J connectivity index is 1.74. The molecule has 1 aromatic heterocycles. The molecule has 3 rings (SSSR count). The fourth-order valence-corrected chi connectivity index (χ4v) is 4.12. The van der Waals surface area contributed by atoms with Crippen LogP contribution in [0.3, 0.4) is 0 Å². The van der Waals surface area contributed by atoms with Crippen LogP contribution >= 0.6 is 0 Å². The van der Waals surface area contributed by atoms with Gasteiger partial charge in [-0.25, -0.2) is 14.2 Å². The van der Waals surface area contributed by atoms with Crippen molar-refractivity contribution in [3.63, 3.8) is 0 Å². The summed E-state index contributed by atoms with van der Waals surface area (Å²) in [5, 5.41) is 3.24. The molecule has 2 aliphatic rings. The number of nitrogens with one attached hydrogen (secondary N) is 2. The SMILES string of the molecule is C[C@H](Nc1nc(=O)n(C2CCCCC2)c(=O)[nH]1)C1CCCCC1. The minimum atomic E-state index is -0.418. The van der Waals surface area contributed by atoms with Gasteiger partial charge in [0.05, 0.1) is 0 Å². The summed E-state index contributed by atoms with van der Waals surface area (Å²) in [6, 6.07) is 0.237. The number of rotatable bonds is 4. The van der Waals surface area contributed by atoms with Gasteiger partial charge in [0.25, 0.3) is 0 Å². The summed E-state index contributed by atoms with van der Waals surface area (Å²) in [7, 11) is 0. The number of aromatic nitrogens is 3. The minimum absolute atomic E-state index is 0.0114. The second-order valence-electron chi connectivity index (χ2n) is 7.17. The predicted molar refractivity (Wildman–Crippen MR) is 90.9 cm³/mol. The summed E-state index contributed by atoms with van der Waals surface area (Å²) in [6.45, 7) is 2.11. The largest absolute Gasteiger partial charge is 0.355 e. The molecule has 0 bridgehead atoms. The zero-order valence-electron chi connectivity index (χ0n) is 14.0. The van der Waals surface area contributed by atoms with Gasteiger partial charge in [0.1, 0.15) is 0 Å². The van der Waals surface area contributed by atoms with Crippen molar-refractivity contribution in [3.05, 3.63) is 21.0 Å². The van der Waals surface area contributed by atoms with Crippen molar-refractivity contribution in [2.24, 2.45) is 5.92 Å². The molecular weight excluding hydrogens is 292 g/mol. The second kappa shape index (κ2) is 7.32. The van der Waals surface area contributed by atoms with Crippen LogP contribution in [0.2, 0.25) is 0 Å². The number of H-pyrrole nitrogens is 1. The van der Waals surface area contributed by atoms with Crippen molar-refractivity contribution in [1.82, 2.24) is 14.5 Å². The van der Waals surface area contributed by atoms with Gasteiger partial charge in [-0.1, -0.05) is 38.5 Å². The van der Waals surface area contributed by atoms with E-state index in [0.29, 0.717) is 11.9 Å². The lowest BCUT2D eigenvalue weighted by Crippen LogP contribution is -2.42. The van der Waals surface area contributed by atoms with E-state index in [4.69, 9.17) is 0 Å². The average Bonchev–Trinajstić information content (AvgIpc) is 2.56. The molecule has 0 aromatic carbocycles. The van der Waals surface area contributed by atoms with Crippen molar-refractivity contribution >= 4 is 5.95 Å². The quantitative estimate of drug-likeness (QED) is 0.894. The predicted octanol–water partition coefficient (Wildman–Crippen LogP) is 2.82. The Morgan fingerprint density at radius 3 is 2.26 bits per heavy atom. The first kappa shape index (κ1) is 16.3. The maximum atomic E-state index is 12.3. The molecule has 6 nitrogen and oxygen atoms in total. The topological polar surface area (TPSA) is 79.8 Å². The molecule has 1 heterocycles. The van der Waals surface area contributed by atoms with E-state index in [9.17, 15) is 9.59 Å². The van der Waals surface area contributed by atoms with Crippen molar-refractivity contribution in [2.75, 3.05) is 5.32 Å². The van der Waals surface area contributed by atoms with E-state index in [0.717, 1.165) is 25.7 Å². The molecule has 23 heavy (non-hydrogen) atoms. The third kappa shape index (κ3) is 3.85. The summed E-state index contributed by atoms with van der Waals surface area (Å²) < 4.78 is 1.32. The van der Waals surface area contributed by atoms with E-state index in [2.05, 4.69) is 22.2 Å². The molecular formula is C17H28N4O2. The van der Waals surface area contributed by atoms with Crippen molar-refractivity contribution in [3.8, 4) is 0 Å². The number of hydrogen-bond acceptors (Lipinski definition) is 4. The number of hydrogen-bond donors (Lipinski definition) is 2. The molecule has 2 N–H and O–H groups in total. The van der Waals surface area contributed by atoms with Crippen molar-refractivity contribution < 1.29 is 0 Å². The molecule has 0 spiro atoms. The second-order valence-corrected chi connectivity index (χ2v) is 7.17. The summed E-state index contributed by atoms with van der Waals surface area (Å²) in [4.78, 5) is 31.5. The Hall–Kier alpha value is -1.59. The number of nitrogens with zero attached hydrogens (tertiary/aromatic N) is 2. The van der Waals surface area contributed by atoms with E-state index in [1.54, 1.807) is 0 Å².